The smallest absolute Gasteiger partial charge is 0.224 e. The van der Waals surface area contributed by atoms with E-state index in [4.69, 9.17) is 4.74 Å². The van der Waals surface area contributed by atoms with Crippen LogP contribution >= 0.6 is 0 Å². The van der Waals surface area contributed by atoms with Crippen LogP contribution in [0.25, 0.3) is 10.8 Å². The van der Waals surface area contributed by atoms with E-state index in [2.05, 4.69) is 5.32 Å². The van der Waals surface area contributed by atoms with Gasteiger partial charge < -0.3 is 15.2 Å². The van der Waals surface area contributed by atoms with Gasteiger partial charge in [-0.05, 0) is 46.4 Å². The first-order valence-corrected chi connectivity index (χ1v) is 10.9. The molecule has 1 saturated carbocycles. The van der Waals surface area contributed by atoms with Gasteiger partial charge >= 0.3 is 0 Å². The molecule has 3 atom stereocenters. The summed E-state index contributed by atoms with van der Waals surface area (Å²) in [5.41, 5.74) is 2.72. The minimum absolute atomic E-state index is 0.0120. The van der Waals surface area contributed by atoms with Crippen molar-refractivity contribution in [3.05, 3.63) is 108 Å². The summed E-state index contributed by atoms with van der Waals surface area (Å²) in [6.45, 7) is 0. The summed E-state index contributed by atoms with van der Waals surface area (Å²) in [6.07, 6.45) is 0.787. The van der Waals surface area contributed by atoms with Crippen LogP contribution in [0.2, 0.25) is 0 Å². The molecule has 0 saturated heterocycles. The number of benzene rings is 4. The number of fused-ring (bicyclic) bond motifs is 1. The average molecular weight is 424 g/mol. The highest BCUT2D eigenvalue weighted by Crippen LogP contribution is 2.51. The Kier molecular flexibility index (Phi) is 5.28. The SMILES string of the molecule is COc1ccccc1C1CC1C(=O)NC(c1ccccc1)c1c(O)ccc2ccccc12. The lowest BCUT2D eigenvalue weighted by Gasteiger charge is -2.23. The van der Waals surface area contributed by atoms with E-state index in [1.165, 1.54) is 0 Å². The van der Waals surface area contributed by atoms with Crippen molar-refractivity contribution in [2.45, 2.75) is 18.4 Å². The van der Waals surface area contributed by atoms with Gasteiger partial charge in [-0.3, -0.25) is 4.79 Å². The summed E-state index contributed by atoms with van der Waals surface area (Å²) in [6, 6.07) is 28.8. The van der Waals surface area contributed by atoms with Gasteiger partial charge in [0.2, 0.25) is 5.91 Å². The number of carbonyl (C=O) groups excluding carboxylic acids is 1. The van der Waals surface area contributed by atoms with Crippen molar-refractivity contribution in [1.29, 1.82) is 0 Å². The molecule has 0 aromatic heterocycles. The number of hydrogen-bond acceptors (Lipinski definition) is 3. The van der Waals surface area contributed by atoms with Gasteiger partial charge in [-0.25, -0.2) is 0 Å². The molecule has 4 nitrogen and oxygen atoms in total. The van der Waals surface area contributed by atoms with Crippen LogP contribution in [0.15, 0.2) is 91.0 Å². The number of aromatic hydroxyl groups is 1. The molecule has 1 aliphatic rings. The van der Waals surface area contributed by atoms with E-state index in [1.807, 2.05) is 84.9 Å². The molecule has 0 bridgehead atoms. The zero-order valence-electron chi connectivity index (χ0n) is 17.9. The molecule has 2 N–H and O–H groups in total. The Morgan fingerprint density at radius 1 is 0.938 bits per heavy atom. The lowest BCUT2D eigenvalue weighted by atomic mass is 9.92. The highest BCUT2D eigenvalue weighted by Gasteiger charge is 2.46. The van der Waals surface area contributed by atoms with Crippen molar-refractivity contribution in [2.75, 3.05) is 7.11 Å². The molecule has 3 unspecified atom stereocenters. The van der Waals surface area contributed by atoms with Gasteiger partial charge in [0.15, 0.2) is 0 Å². The van der Waals surface area contributed by atoms with E-state index in [0.29, 0.717) is 0 Å². The lowest BCUT2D eigenvalue weighted by molar-refractivity contribution is -0.122. The molecule has 4 heteroatoms. The standard InChI is InChI=1S/C28H25NO3/c1-32-25-14-8-7-13-21(25)22-17-23(22)28(31)29-27(19-10-3-2-4-11-19)26-20-12-6-5-9-18(20)15-16-24(26)30/h2-16,22-23,27,30H,17H2,1H3,(H,29,31). The number of nitrogens with one attached hydrogen (secondary N) is 1. The van der Waals surface area contributed by atoms with Crippen LogP contribution in [0, 0.1) is 5.92 Å². The Bertz CT molecular complexity index is 1270. The van der Waals surface area contributed by atoms with Gasteiger partial charge in [0.05, 0.1) is 13.2 Å². The molecule has 4 aromatic carbocycles. The van der Waals surface area contributed by atoms with E-state index < -0.39 is 6.04 Å². The van der Waals surface area contributed by atoms with Crippen LogP contribution in [0.3, 0.4) is 0 Å². The fourth-order valence-electron chi connectivity index (χ4n) is 4.61. The van der Waals surface area contributed by atoms with Gasteiger partial charge in [-0.2, -0.15) is 0 Å². The molecule has 0 spiro atoms. The second-order valence-corrected chi connectivity index (χ2v) is 8.26. The number of phenolic OH excluding ortho intramolecular Hbond substituents is 1. The summed E-state index contributed by atoms with van der Waals surface area (Å²) < 4.78 is 5.49. The summed E-state index contributed by atoms with van der Waals surface area (Å²) in [7, 11) is 1.66. The maximum Gasteiger partial charge on any atom is 0.224 e. The molecule has 0 aliphatic heterocycles. The number of rotatable bonds is 6. The van der Waals surface area contributed by atoms with Gasteiger partial charge in [-0.1, -0.05) is 78.9 Å². The Morgan fingerprint density at radius 2 is 1.66 bits per heavy atom. The minimum Gasteiger partial charge on any atom is -0.508 e. The van der Waals surface area contributed by atoms with Crippen LogP contribution < -0.4 is 10.1 Å². The van der Waals surface area contributed by atoms with Crippen molar-refractivity contribution < 1.29 is 14.6 Å². The second kappa shape index (κ2) is 8.39. The van der Waals surface area contributed by atoms with Crippen LogP contribution in [0.4, 0.5) is 0 Å². The Balaban J connectivity index is 1.49. The topological polar surface area (TPSA) is 58.6 Å². The molecule has 5 rings (SSSR count). The molecule has 0 radical (unpaired) electrons. The molecule has 160 valence electrons. The monoisotopic (exact) mass is 423 g/mol. The molecule has 1 amide bonds. The van der Waals surface area contributed by atoms with Crippen LogP contribution in [-0.2, 0) is 4.79 Å². The number of phenols is 1. The number of ether oxygens (including phenoxy) is 1. The summed E-state index contributed by atoms with van der Waals surface area (Å²) in [5.74, 6) is 1.01. The predicted octanol–water partition coefficient (Wildman–Crippen LogP) is 5.56. The molecule has 4 aromatic rings. The van der Waals surface area contributed by atoms with E-state index in [0.717, 1.165) is 39.6 Å². The maximum absolute atomic E-state index is 13.4. The third-order valence-corrected chi connectivity index (χ3v) is 6.32. The molecule has 0 heterocycles. The summed E-state index contributed by atoms with van der Waals surface area (Å²) in [5, 5.41) is 16.0. The fraction of sp³-hybridized carbons (Fsp3) is 0.179. The highest BCUT2D eigenvalue weighted by molar-refractivity contribution is 5.90. The maximum atomic E-state index is 13.4. The largest absolute Gasteiger partial charge is 0.508 e. The van der Waals surface area contributed by atoms with Crippen molar-refractivity contribution in [2.24, 2.45) is 5.92 Å². The number of amides is 1. The first-order valence-electron chi connectivity index (χ1n) is 10.9. The van der Waals surface area contributed by atoms with E-state index in [-0.39, 0.29) is 23.5 Å². The van der Waals surface area contributed by atoms with Gasteiger partial charge in [0.25, 0.3) is 0 Å². The Hall–Kier alpha value is -3.79. The number of hydrogen-bond donors (Lipinski definition) is 2. The molecular formula is C28H25NO3. The molecule has 32 heavy (non-hydrogen) atoms. The quantitative estimate of drug-likeness (QED) is 0.427. The summed E-state index contributed by atoms with van der Waals surface area (Å²) >= 11 is 0. The Labute approximate surface area is 187 Å². The third-order valence-electron chi connectivity index (χ3n) is 6.32. The fourth-order valence-corrected chi connectivity index (χ4v) is 4.61. The van der Waals surface area contributed by atoms with Crippen molar-refractivity contribution in [1.82, 2.24) is 5.32 Å². The van der Waals surface area contributed by atoms with Crippen molar-refractivity contribution in [3.63, 3.8) is 0 Å². The number of para-hydroxylation sites is 1. The van der Waals surface area contributed by atoms with Gasteiger partial charge in [-0.15, -0.1) is 0 Å². The summed E-state index contributed by atoms with van der Waals surface area (Å²) in [4.78, 5) is 13.4. The molecule has 1 fully saturated rings. The number of carbonyl (C=O) groups is 1. The minimum atomic E-state index is -0.450. The van der Waals surface area contributed by atoms with E-state index >= 15 is 0 Å². The average Bonchev–Trinajstić information content (AvgIpc) is 3.64. The van der Waals surface area contributed by atoms with Crippen LogP contribution in [0.1, 0.15) is 35.1 Å². The third kappa shape index (κ3) is 3.69. The van der Waals surface area contributed by atoms with Crippen molar-refractivity contribution >= 4 is 16.7 Å². The lowest BCUT2D eigenvalue weighted by Crippen LogP contribution is -2.31. The van der Waals surface area contributed by atoms with Gasteiger partial charge in [0, 0.05) is 11.5 Å². The van der Waals surface area contributed by atoms with E-state index in [9.17, 15) is 9.90 Å². The first kappa shape index (κ1) is 20.1. The second-order valence-electron chi connectivity index (χ2n) is 8.26. The normalized spacial score (nSPS) is 18.2. The highest BCUT2D eigenvalue weighted by atomic mass is 16.5. The number of methoxy groups -OCH3 is 1. The van der Waals surface area contributed by atoms with Crippen LogP contribution in [0.5, 0.6) is 11.5 Å². The van der Waals surface area contributed by atoms with Crippen molar-refractivity contribution in [3.8, 4) is 11.5 Å². The van der Waals surface area contributed by atoms with Crippen LogP contribution in [-0.4, -0.2) is 18.1 Å². The van der Waals surface area contributed by atoms with Gasteiger partial charge in [0.1, 0.15) is 11.5 Å². The predicted molar refractivity (Wildman–Crippen MR) is 126 cm³/mol. The first-order chi connectivity index (χ1) is 15.7. The Morgan fingerprint density at radius 3 is 2.47 bits per heavy atom. The molecular weight excluding hydrogens is 398 g/mol. The molecule has 1 aliphatic carbocycles. The zero-order valence-corrected chi connectivity index (χ0v) is 17.9. The van der Waals surface area contributed by atoms with E-state index in [1.54, 1.807) is 13.2 Å². The zero-order chi connectivity index (χ0) is 22.1.